The number of hydrogen-bond acceptors (Lipinski definition) is 3. The van der Waals surface area contributed by atoms with E-state index in [1.807, 2.05) is 0 Å². The molecule has 0 aliphatic heterocycles. The molecule has 0 saturated carbocycles. The maximum absolute atomic E-state index is 9.97. The minimum atomic E-state index is -0.764. The summed E-state index contributed by atoms with van der Waals surface area (Å²) in [6.45, 7) is 2.00. The molecule has 0 bridgehead atoms. The van der Waals surface area contributed by atoms with E-state index < -0.39 is 5.97 Å². The lowest BCUT2D eigenvalue weighted by atomic mass is 10.4. The molecule has 0 aromatic heterocycles. The van der Waals surface area contributed by atoms with E-state index in [1.165, 1.54) is 0 Å². The Morgan fingerprint density at radius 2 is 2.20 bits per heavy atom. The predicted molar refractivity (Wildman–Crippen MR) is 38.8 cm³/mol. The Kier molecular flexibility index (Phi) is 6.11. The van der Waals surface area contributed by atoms with Gasteiger partial charge in [-0.15, -0.1) is 0 Å². The van der Waals surface area contributed by atoms with Crippen LogP contribution in [0.1, 0.15) is 12.8 Å². The fourth-order valence-corrected chi connectivity index (χ4v) is 0.547. The molecule has 60 valence electrons. The lowest BCUT2D eigenvalue weighted by Gasteiger charge is -1.99. The van der Waals surface area contributed by atoms with Crippen molar-refractivity contribution in [2.24, 2.45) is 5.73 Å². The van der Waals surface area contributed by atoms with Crippen LogP contribution in [0.25, 0.3) is 0 Å². The monoisotopic (exact) mass is 146 g/mol. The molecule has 0 fully saturated rings. The highest BCUT2D eigenvalue weighted by Gasteiger charge is 1.93. The molecular formula is C6H14N2O2. The number of aliphatic carboxylic acids is 1. The summed E-state index contributed by atoms with van der Waals surface area (Å²) < 4.78 is 0. The number of hydrogen-bond donors (Lipinski definition) is 3. The molecule has 0 rings (SSSR count). The average Bonchev–Trinajstić information content (AvgIpc) is 1.87. The fourth-order valence-electron chi connectivity index (χ4n) is 0.547. The second kappa shape index (κ2) is 6.51. The van der Waals surface area contributed by atoms with Crippen molar-refractivity contribution in [1.29, 1.82) is 0 Å². The van der Waals surface area contributed by atoms with Crippen LogP contribution in [0.2, 0.25) is 0 Å². The zero-order valence-corrected chi connectivity index (χ0v) is 5.97. The summed E-state index contributed by atoms with van der Waals surface area (Å²) in [7, 11) is 0. The summed E-state index contributed by atoms with van der Waals surface area (Å²) in [5.41, 5.74) is 5.21. The molecule has 0 heterocycles. The van der Waals surface area contributed by atoms with Crippen LogP contribution in [0.15, 0.2) is 0 Å². The highest BCUT2D eigenvalue weighted by molar-refractivity contribution is 5.66. The van der Waals surface area contributed by atoms with Gasteiger partial charge in [0.15, 0.2) is 0 Å². The van der Waals surface area contributed by atoms with Gasteiger partial charge in [0.2, 0.25) is 0 Å². The normalized spacial score (nSPS) is 9.70. The first-order chi connectivity index (χ1) is 4.77. The van der Waals surface area contributed by atoms with Crippen LogP contribution in [-0.4, -0.2) is 30.7 Å². The third-order valence-electron chi connectivity index (χ3n) is 1.07. The Balaban J connectivity index is 2.84. The fraction of sp³-hybridized carbons (Fsp3) is 0.833. The van der Waals surface area contributed by atoms with Crippen LogP contribution in [0.5, 0.6) is 0 Å². The van der Waals surface area contributed by atoms with E-state index in [-0.39, 0.29) is 6.42 Å². The molecule has 0 aliphatic rings. The second-order valence-electron chi connectivity index (χ2n) is 2.04. The van der Waals surface area contributed by atoms with Crippen LogP contribution in [-0.2, 0) is 4.79 Å². The smallest absolute Gasteiger partial charge is 0.304 e. The number of carboxylic acids is 1. The predicted octanol–water partition coefficient (Wildman–Crippen LogP) is -0.601. The molecule has 0 aliphatic carbocycles. The molecule has 4 heteroatoms. The zero-order chi connectivity index (χ0) is 7.82. The van der Waals surface area contributed by atoms with Gasteiger partial charge in [0, 0.05) is 6.54 Å². The summed E-state index contributed by atoms with van der Waals surface area (Å²) in [5.74, 6) is -0.764. The topological polar surface area (TPSA) is 75.3 Å². The molecule has 10 heavy (non-hydrogen) atoms. The second-order valence-corrected chi connectivity index (χ2v) is 2.04. The van der Waals surface area contributed by atoms with Crippen molar-refractivity contribution < 1.29 is 9.90 Å². The van der Waals surface area contributed by atoms with Crippen LogP contribution in [0, 0.1) is 0 Å². The summed E-state index contributed by atoms with van der Waals surface area (Å²) >= 11 is 0. The average molecular weight is 146 g/mol. The summed E-state index contributed by atoms with van der Waals surface area (Å²) in [6.07, 6.45) is 1.09. The highest BCUT2D eigenvalue weighted by atomic mass is 16.4. The molecular weight excluding hydrogens is 132 g/mol. The van der Waals surface area contributed by atoms with Crippen LogP contribution >= 0.6 is 0 Å². The van der Waals surface area contributed by atoms with E-state index in [2.05, 4.69) is 5.32 Å². The van der Waals surface area contributed by atoms with Gasteiger partial charge in [-0.2, -0.15) is 0 Å². The Hall–Kier alpha value is -0.610. The van der Waals surface area contributed by atoms with Gasteiger partial charge in [0.1, 0.15) is 0 Å². The number of rotatable bonds is 6. The molecule has 0 aromatic rings. The van der Waals surface area contributed by atoms with Gasteiger partial charge in [-0.05, 0) is 19.5 Å². The third-order valence-corrected chi connectivity index (χ3v) is 1.07. The van der Waals surface area contributed by atoms with Crippen molar-refractivity contribution in [1.82, 2.24) is 5.32 Å². The molecule has 0 unspecified atom stereocenters. The lowest BCUT2D eigenvalue weighted by Crippen LogP contribution is -2.21. The van der Waals surface area contributed by atoms with Crippen LogP contribution in [0.4, 0.5) is 0 Å². The van der Waals surface area contributed by atoms with Gasteiger partial charge in [0.05, 0.1) is 6.42 Å². The maximum Gasteiger partial charge on any atom is 0.304 e. The minimum absolute atomic E-state index is 0.185. The van der Waals surface area contributed by atoms with Crippen LogP contribution in [0.3, 0.4) is 0 Å². The first kappa shape index (κ1) is 9.39. The minimum Gasteiger partial charge on any atom is -0.481 e. The Bertz CT molecular complexity index is 95.7. The van der Waals surface area contributed by atoms with Crippen molar-refractivity contribution in [3.63, 3.8) is 0 Å². The van der Waals surface area contributed by atoms with Crippen molar-refractivity contribution >= 4 is 5.97 Å². The molecule has 4 N–H and O–H groups in total. The largest absolute Gasteiger partial charge is 0.481 e. The van der Waals surface area contributed by atoms with Gasteiger partial charge in [-0.1, -0.05) is 0 Å². The number of carboxylic acid groups (broad SMARTS) is 1. The van der Waals surface area contributed by atoms with Gasteiger partial charge >= 0.3 is 5.97 Å². The zero-order valence-electron chi connectivity index (χ0n) is 5.97. The molecule has 0 atom stereocenters. The quantitative estimate of drug-likeness (QED) is 0.437. The van der Waals surface area contributed by atoms with E-state index in [0.29, 0.717) is 13.1 Å². The number of nitrogens with one attached hydrogen (secondary N) is 1. The molecule has 0 saturated heterocycles. The van der Waals surface area contributed by atoms with E-state index in [4.69, 9.17) is 10.8 Å². The first-order valence-corrected chi connectivity index (χ1v) is 3.40. The van der Waals surface area contributed by atoms with Gasteiger partial charge in [-0.3, -0.25) is 4.79 Å². The SMILES string of the molecule is NCCCNCCC(=O)O. The van der Waals surface area contributed by atoms with Gasteiger partial charge in [0.25, 0.3) is 0 Å². The Morgan fingerprint density at radius 3 is 2.70 bits per heavy atom. The number of carbonyl (C=O) groups is 1. The standard InChI is InChI=1S/C6H14N2O2/c7-3-1-4-8-5-2-6(9)10/h8H,1-5,7H2,(H,9,10). The van der Waals surface area contributed by atoms with E-state index in [1.54, 1.807) is 0 Å². The Labute approximate surface area is 60.4 Å². The van der Waals surface area contributed by atoms with Crippen molar-refractivity contribution in [3.8, 4) is 0 Å². The third kappa shape index (κ3) is 7.39. The van der Waals surface area contributed by atoms with Crippen molar-refractivity contribution in [2.45, 2.75) is 12.8 Å². The van der Waals surface area contributed by atoms with Crippen LogP contribution < -0.4 is 11.1 Å². The summed E-state index contributed by atoms with van der Waals surface area (Å²) in [6, 6.07) is 0. The Morgan fingerprint density at radius 1 is 1.50 bits per heavy atom. The lowest BCUT2D eigenvalue weighted by molar-refractivity contribution is -0.136. The van der Waals surface area contributed by atoms with Crippen molar-refractivity contribution in [2.75, 3.05) is 19.6 Å². The van der Waals surface area contributed by atoms with E-state index in [9.17, 15) is 4.79 Å². The molecule has 0 aromatic carbocycles. The van der Waals surface area contributed by atoms with Gasteiger partial charge in [-0.25, -0.2) is 0 Å². The molecule has 0 amide bonds. The summed E-state index contributed by atoms with van der Waals surface area (Å²) in [4.78, 5) is 9.97. The molecule has 0 radical (unpaired) electrons. The molecule has 0 spiro atoms. The highest BCUT2D eigenvalue weighted by Crippen LogP contribution is 1.75. The first-order valence-electron chi connectivity index (χ1n) is 3.40. The summed E-state index contributed by atoms with van der Waals surface area (Å²) in [5, 5.41) is 11.2. The maximum atomic E-state index is 9.97. The number of nitrogens with two attached hydrogens (primary N) is 1. The molecule has 4 nitrogen and oxygen atoms in total. The van der Waals surface area contributed by atoms with Gasteiger partial charge < -0.3 is 16.2 Å². The van der Waals surface area contributed by atoms with E-state index in [0.717, 1.165) is 13.0 Å². The van der Waals surface area contributed by atoms with E-state index >= 15 is 0 Å². The van der Waals surface area contributed by atoms with Crippen molar-refractivity contribution in [3.05, 3.63) is 0 Å².